The monoisotopic (exact) mass is 579 g/mol. The zero-order chi connectivity index (χ0) is 29.7. The number of methoxy groups -OCH3 is 1. The Morgan fingerprint density at radius 2 is 1.88 bits per heavy atom. The molecule has 1 aromatic carbocycles. The smallest absolute Gasteiger partial charge is 0.354 e. The van der Waals surface area contributed by atoms with Crippen molar-refractivity contribution < 1.29 is 28.7 Å². The summed E-state index contributed by atoms with van der Waals surface area (Å²) in [7, 11) is 1.48. The Labute approximate surface area is 241 Å². The molecule has 0 saturated carbocycles. The standard InChI is InChI=1S/C30H30ClN3O7/c1-30(2,3)40-11-10-25(26(35)13-18-5-8-24(29(37)38)32-16-18)34-17-27(39-4)22(15-28(34)36)21-14-19(31)6-7-20(21)23-9-12-41-33-23/h5-9,12,14-17,25H,10-11,13H2,1-4H3,(H,37,38). The highest BCUT2D eigenvalue weighted by Gasteiger charge is 2.25. The second-order valence-corrected chi connectivity index (χ2v) is 10.8. The van der Waals surface area contributed by atoms with Crippen molar-refractivity contribution in [2.24, 2.45) is 0 Å². The first-order chi connectivity index (χ1) is 19.5. The number of ether oxygens (including phenoxy) is 2. The molecule has 0 aliphatic heterocycles. The van der Waals surface area contributed by atoms with E-state index in [4.69, 9.17) is 30.7 Å². The van der Waals surface area contributed by atoms with Gasteiger partial charge in [-0.3, -0.25) is 9.59 Å². The van der Waals surface area contributed by atoms with Crippen LogP contribution in [0.5, 0.6) is 5.75 Å². The van der Waals surface area contributed by atoms with Crippen LogP contribution in [-0.4, -0.2) is 50.9 Å². The van der Waals surface area contributed by atoms with Crippen LogP contribution >= 0.6 is 11.6 Å². The summed E-state index contributed by atoms with van der Waals surface area (Å²) < 4.78 is 17.9. The van der Waals surface area contributed by atoms with Crippen molar-refractivity contribution >= 4 is 23.4 Å². The summed E-state index contributed by atoms with van der Waals surface area (Å²) in [6, 6.07) is 10.3. The van der Waals surface area contributed by atoms with Crippen LogP contribution in [0.4, 0.5) is 0 Å². The Bertz CT molecular complexity index is 1590. The van der Waals surface area contributed by atoms with E-state index in [0.717, 1.165) is 0 Å². The molecule has 0 spiro atoms. The Morgan fingerprint density at radius 1 is 1.10 bits per heavy atom. The van der Waals surface area contributed by atoms with E-state index in [1.807, 2.05) is 20.8 Å². The highest BCUT2D eigenvalue weighted by molar-refractivity contribution is 6.31. The van der Waals surface area contributed by atoms with E-state index in [-0.39, 0.29) is 30.9 Å². The minimum Gasteiger partial charge on any atom is -0.495 e. The number of aromatic carboxylic acids is 1. The fourth-order valence-electron chi connectivity index (χ4n) is 4.37. The third kappa shape index (κ3) is 7.27. The number of carboxylic acid groups (broad SMARTS) is 1. The largest absolute Gasteiger partial charge is 0.495 e. The van der Waals surface area contributed by atoms with Crippen molar-refractivity contribution in [1.29, 1.82) is 0 Å². The fraction of sp³-hybridized carbons (Fsp3) is 0.300. The van der Waals surface area contributed by atoms with Crippen LogP contribution in [0.15, 0.2) is 70.4 Å². The Hall–Kier alpha value is -4.28. The van der Waals surface area contributed by atoms with Gasteiger partial charge in [0.25, 0.3) is 5.56 Å². The summed E-state index contributed by atoms with van der Waals surface area (Å²) in [5.41, 5.74) is 1.84. The van der Waals surface area contributed by atoms with Crippen LogP contribution in [0.2, 0.25) is 5.02 Å². The van der Waals surface area contributed by atoms with Gasteiger partial charge in [0.05, 0.1) is 24.9 Å². The van der Waals surface area contributed by atoms with Crippen molar-refractivity contribution in [2.45, 2.75) is 45.3 Å². The molecular weight excluding hydrogens is 550 g/mol. The number of carbonyl (C=O) groups excluding carboxylic acids is 1. The third-order valence-corrected chi connectivity index (χ3v) is 6.54. The van der Waals surface area contributed by atoms with Gasteiger partial charge in [-0.2, -0.15) is 0 Å². The van der Waals surface area contributed by atoms with Crippen molar-refractivity contribution in [1.82, 2.24) is 14.7 Å². The van der Waals surface area contributed by atoms with Crippen LogP contribution < -0.4 is 10.3 Å². The number of carboxylic acids is 1. The van der Waals surface area contributed by atoms with Crippen molar-refractivity contribution in [3.05, 3.63) is 87.8 Å². The summed E-state index contributed by atoms with van der Waals surface area (Å²) in [6.07, 6.45) is 4.47. The Morgan fingerprint density at radius 3 is 2.49 bits per heavy atom. The molecule has 4 aromatic rings. The second kappa shape index (κ2) is 12.5. The molecule has 41 heavy (non-hydrogen) atoms. The van der Waals surface area contributed by atoms with E-state index in [9.17, 15) is 14.4 Å². The zero-order valence-corrected chi connectivity index (χ0v) is 23.8. The molecule has 3 heterocycles. The SMILES string of the molecule is COc1cn(C(CCOC(C)(C)C)C(=O)Cc2ccc(C(=O)O)nc2)c(=O)cc1-c1cc(Cl)ccc1-c1ccon1. The number of nitrogens with zero attached hydrogens (tertiary/aromatic N) is 3. The first-order valence-electron chi connectivity index (χ1n) is 12.8. The molecule has 11 heteroatoms. The molecule has 0 fully saturated rings. The van der Waals surface area contributed by atoms with Gasteiger partial charge in [-0.1, -0.05) is 28.9 Å². The topological polar surface area (TPSA) is 134 Å². The van der Waals surface area contributed by atoms with Gasteiger partial charge >= 0.3 is 5.97 Å². The summed E-state index contributed by atoms with van der Waals surface area (Å²) in [5.74, 6) is -1.08. The number of carbonyl (C=O) groups is 2. The van der Waals surface area contributed by atoms with Crippen LogP contribution in [-0.2, 0) is 16.0 Å². The number of Topliss-reactive ketones (excluding diaryl/α,β-unsaturated/α-hetero) is 1. The molecule has 1 unspecified atom stereocenters. The normalized spacial score (nSPS) is 12.2. The Kier molecular flexibility index (Phi) is 9.05. The number of hydrogen-bond donors (Lipinski definition) is 1. The maximum absolute atomic E-state index is 13.6. The van der Waals surface area contributed by atoms with Gasteiger partial charge in [-0.05, 0) is 56.5 Å². The summed E-state index contributed by atoms with van der Waals surface area (Å²) in [6.45, 7) is 5.93. The minimum absolute atomic E-state index is 0.0613. The molecule has 0 saturated heterocycles. The molecule has 3 aromatic heterocycles. The predicted octanol–water partition coefficient (Wildman–Crippen LogP) is 5.48. The molecule has 10 nitrogen and oxygen atoms in total. The van der Waals surface area contributed by atoms with Crippen molar-refractivity contribution in [3.63, 3.8) is 0 Å². The molecule has 1 N–H and O–H groups in total. The second-order valence-electron chi connectivity index (χ2n) is 10.3. The maximum atomic E-state index is 13.6. The molecule has 1 atom stereocenters. The molecule has 0 amide bonds. The molecule has 0 radical (unpaired) electrons. The van der Waals surface area contributed by atoms with Crippen LogP contribution in [0.1, 0.15) is 49.3 Å². The lowest BCUT2D eigenvalue weighted by atomic mass is 9.97. The molecular formula is C30H30ClN3O7. The Balaban J connectivity index is 1.75. The van der Waals surface area contributed by atoms with E-state index in [1.54, 1.807) is 24.3 Å². The number of aromatic nitrogens is 3. The van der Waals surface area contributed by atoms with Crippen LogP contribution in [0.3, 0.4) is 0 Å². The van der Waals surface area contributed by atoms with Gasteiger partial charge < -0.3 is 23.7 Å². The highest BCUT2D eigenvalue weighted by atomic mass is 35.5. The third-order valence-electron chi connectivity index (χ3n) is 6.31. The average molecular weight is 580 g/mol. The summed E-state index contributed by atoms with van der Waals surface area (Å²) in [4.78, 5) is 42.3. The quantitative estimate of drug-likeness (QED) is 0.245. The summed E-state index contributed by atoms with van der Waals surface area (Å²) in [5, 5.41) is 13.6. The van der Waals surface area contributed by atoms with Crippen molar-refractivity contribution in [2.75, 3.05) is 13.7 Å². The molecule has 0 aliphatic carbocycles. The van der Waals surface area contributed by atoms with Gasteiger partial charge in [0.1, 0.15) is 23.4 Å². The van der Waals surface area contributed by atoms with Crippen LogP contribution in [0, 0.1) is 0 Å². The van der Waals surface area contributed by atoms with Gasteiger partial charge in [-0.25, -0.2) is 9.78 Å². The maximum Gasteiger partial charge on any atom is 0.354 e. The van der Waals surface area contributed by atoms with E-state index in [0.29, 0.717) is 38.7 Å². The van der Waals surface area contributed by atoms with E-state index in [1.165, 1.54) is 48.5 Å². The number of pyridine rings is 2. The minimum atomic E-state index is -1.16. The van der Waals surface area contributed by atoms with E-state index >= 15 is 0 Å². The summed E-state index contributed by atoms with van der Waals surface area (Å²) >= 11 is 6.32. The lowest BCUT2D eigenvalue weighted by molar-refractivity contribution is -0.122. The number of halogens is 1. The van der Waals surface area contributed by atoms with Gasteiger partial charge in [-0.15, -0.1) is 0 Å². The molecule has 4 rings (SSSR count). The molecule has 214 valence electrons. The molecule has 0 aliphatic rings. The number of benzene rings is 1. The fourth-order valence-corrected chi connectivity index (χ4v) is 4.54. The lowest BCUT2D eigenvalue weighted by Gasteiger charge is -2.24. The first-order valence-corrected chi connectivity index (χ1v) is 13.2. The molecule has 0 bridgehead atoms. The van der Waals surface area contributed by atoms with E-state index < -0.39 is 23.2 Å². The van der Waals surface area contributed by atoms with Gasteiger partial charge in [0.2, 0.25) is 0 Å². The van der Waals surface area contributed by atoms with E-state index in [2.05, 4.69) is 10.1 Å². The highest BCUT2D eigenvalue weighted by Crippen LogP contribution is 2.38. The number of hydrogen-bond acceptors (Lipinski definition) is 8. The first kappa shape index (κ1) is 29.7. The number of rotatable bonds is 11. The van der Waals surface area contributed by atoms with Crippen molar-refractivity contribution in [3.8, 4) is 28.1 Å². The van der Waals surface area contributed by atoms with Crippen LogP contribution in [0.25, 0.3) is 22.4 Å². The number of ketones is 1. The average Bonchev–Trinajstić information content (AvgIpc) is 3.46. The van der Waals surface area contributed by atoms with Gasteiger partial charge in [0, 0.05) is 47.5 Å². The predicted molar refractivity (Wildman–Crippen MR) is 152 cm³/mol. The zero-order valence-electron chi connectivity index (χ0n) is 23.1. The lowest BCUT2D eigenvalue weighted by Crippen LogP contribution is -2.32. The van der Waals surface area contributed by atoms with Gasteiger partial charge in [0.15, 0.2) is 5.78 Å².